The van der Waals surface area contributed by atoms with Crippen LogP contribution in [-0.4, -0.2) is 33.1 Å². The highest BCUT2D eigenvalue weighted by Crippen LogP contribution is 2.11. The van der Waals surface area contributed by atoms with E-state index in [2.05, 4.69) is 13.8 Å². The lowest BCUT2D eigenvalue weighted by Gasteiger charge is -2.04. The van der Waals surface area contributed by atoms with Crippen LogP contribution in [0.3, 0.4) is 0 Å². The van der Waals surface area contributed by atoms with Gasteiger partial charge in [-0.2, -0.15) is 0 Å². The second-order valence-corrected chi connectivity index (χ2v) is 5.25. The SMILES string of the molecule is CCCC.O=C(O)CC(CC(=O)O)N[P+](=O)O.c1ccccc1. The van der Waals surface area contributed by atoms with Crippen LogP contribution in [0.1, 0.15) is 39.5 Å². The molecule has 0 aliphatic rings. The Kier molecular flexibility index (Phi) is 16.9. The summed E-state index contributed by atoms with van der Waals surface area (Å²) in [6.45, 7) is 4.36. The Bertz CT molecular complexity index is 374. The number of aliphatic carboxylic acids is 2. The molecule has 1 aromatic carbocycles. The van der Waals surface area contributed by atoms with Gasteiger partial charge in [0.1, 0.15) is 0 Å². The molecular formula is C15H25NO6P+. The van der Waals surface area contributed by atoms with Crippen LogP contribution >= 0.6 is 8.18 Å². The highest BCUT2D eigenvalue weighted by molar-refractivity contribution is 7.35. The van der Waals surface area contributed by atoms with Crippen molar-refractivity contribution in [2.75, 3.05) is 0 Å². The molecule has 4 N–H and O–H groups in total. The third-order valence-electron chi connectivity index (χ3n) is 2.30. The third-order valence-corrected chi connectivity index (χ3v) is 2.89. The van der Waals surface area contributed by atoms with Crippen LogP contribution in [0.25, 0.3) is 0 Å². The average Bonchev–Trinajstić information content (AvgIpc) is 2.48. The van der Waals surface area contributed by atoms with E-state index >= 15 is 0 Å². The molecule has 0 radical (unpaired) electrons. The van der Waals surface area contributed by atoms with Crippen LogP contribution in [-0.2, 0) is 14.2 Å². The van der Waals surface area contributed by atoms with Gasteiger partial charge in [-0.25, -0.2) is 0 Å². The van der Waals surface area contributed by atoms with Crippen molar-refractivity contribution >= 4 is 20.1 Å². The Morgan fingerprint density at radius 1 is 0.913 bits per heavy atom. The van der Waals surface area contributed by atoms with Gasteiger partial charge < -0.3 is 10.2 Å². The maximum atomic E-state index is 10.2. The highest BCUT2D eigenvalue weighted by Gasteiger charge is 2.24. The smallest absolute Gasteiger partial charge is 0.481 e. The van der Waals surface area contributed by atoms with Crippen LogP contribution in [0.5, 0.6) is 0 Å². The lowest BCUT2D eigenvalue weighted by atomic mass is 10.1. The zero-order chi connectivity index (χ0) is 18.1. The maximum Gasteiger partial charge on any atom is 0.610 e. The fraction of sp³-hybridized carbons (Fsp3) is 0.467. The number of hydrogen-bond donors (Lipinski definition) is 4. The van der Waals surface area contributed by atoms with Gasteiger partial charge >= 0.3 is 20.1 Å². The summed E-state index contributed by atoms with van der Waals surface area (Å²) in [5.74, 6) is -2.45. The van der Waals surface area contributed by atoms with Crippen molar-refractivity contribution in [1.82, 2.24) is 5.09 Å². The average molecular weight is 346 g/mol. The van der Waals surface area contributed by atoms with E-state index < -0.39 is 39.0 Å². The summed E-state index contributed by atoms with van der Waals surface area (Å²) in [5, 5.41) is 18.5. The molecule has 0 aliphatic heterocycles. The molecule has 0 saturated heterocycles. The number of unbranched alkanes of at least 4 members (excludes halogenated alkanes) is 1. The van der Waals surface area contributed by atoms with Crippen LogP contribution in [0, 0.1) is 0 Å². The number of carboxylic acid groups (broad SMARTS) is 2. The topological polar surface area (TPSA) is 124 Å². The molecule has 1 aromatic rings. The highest BCUT2D eigenvalue weighted by atomic mass is 31.1. The first kappa shape index (κ1) is 23.4. The van der Waals surface area contributed by atoms with Gasteiger partial charge in [-0.15, -0.1) is 4.89 Å². The molecule has 8 heteroatoms. The quantitative estimate of drug-likeness (QED) is 0.559. The monoisotopic (exact) mass is 346 g/mol. The van der Waals surface area contributed by atoms with E-state index in [9.17, 15) is 14.2 Å². The van der Waals surface area contributed by atoms with Gasteiger partial charge in [0.25, 0.3) is 0 Å². The van der Waals surface area contributed by atoms with Gasteiger partial charge in [0.2, 0.25) is 0 Å². The molecule has 0 saturated carbocycles. The summed E-state index contributed by atoms with van der Waals surface area (Å²) in [6.07, 6.45) is 1.63. The van der Waals surface area contributed by atoms with Crippen LogP contribution in [0.2, 0.25) is 0 Å². The van der Waals surface area contributed by atoms with E-state index in [1.165, 1.54) is 12.8 Å². The zero-order valence-electron chi connectivity index (χ0n) is 13.4. The fourth-order valence-electron chi connectivity index (χ4n) is 1.13. The van der Waals surface area contributed by atoms with Crippen molar-refractivity contribution in [2.45, 2.75) is 45.6 Å². The molecule has 0 bridgehead atoms. The van der Waals surface area contributed by atoms with Crippen molar-refractivity contribution in [2.24, 2.45) is 0 Å². The molecule has 0 fully saturated rings. The second kappa shape index (κ2) is 16.5. The van der Waals surface area contributed by atoms with Crippen LogP contribution in [0.4, 0.5) is 0 Å². The predicted octanol–water partition coefficient (Wildman–Crippen LogP) is 3.04. The first-order chi connectivity index (χ1) is 10.8. The van der Waals surface area contributed by atoms with Crippen LogP contribution < -0.4 is 5.09 Å². The predicted molar refractivity (Wildman–Crippen MR) is 88.3 cm³/mol. The van der Waals surface area contributed by atoms with Gasteiger partial charge in [-0.05, 0) is 4.57 Å². The summed E-state index contributed by atoms with van der Waals surface area (Å²) in [5.41, 5.74) is 0. The first-order valence-electron chi connectivity index (χ1n) is 7.19. The summed E-state index contributed by atoms with van der Waals surface area (Å²) in [6, 6.07) is 11.0. The summed E-state index contributed by atoms with van der Waals surface area (Å²) in [7, 11) is -2.73. The molecule has 1 rings (SSSR count). The van der Waals surface area contributed by atoms with Gasteiger partial charge in [0.15, 0.2) is 0 Å². The van der Waals surface area contributed by atoms with Gasteiger partial charge in [-0.3, -0.25) is 9.59 Å². The fourth-order valence-corrected chi connectivity index (χ4v) is 1.62. The summed E-state index contributed by atoms with van der Waals surface area (Å²) >= 11 is 0. The molecule has 0 heterocycles. The molecular weight excluding hydrogens is 321 g/mol. The van der Waals surface area contributed by atoms with Crippen LogP contribution in [0.15, 0.2) is 36.4 Å². The standard InChI is InChI=1S/C6H6.C5H8NO6P.C4H10/c1-2-4-6-5-3-1;7-4(8)1-3(2-5(9)10)6-13(11)12;1-3-4-2/h1-6H;3H,1-2H2,(H3-,6,7,8,9,10,11,12);3-4H2,1-2H3/p+1. The number of nitrogens with one attached hydrogen (secondary N) is 1. The Hall–Kier alpha value is -1.82. The van der Waals surface area contributed by atoms with Crippen molar-refractivity contribution in [3.63, 3.8) is 0 Å². The molecule has 0 spiro atoms. The number of benzene rings is 1. The second-order valence-electron chi connectivity index (χ2n) is 4.45. The molecule has 1 unspecified atom stereocenters. The minimum absolute atomic E-state index is 0.506. The minimum atomic E-state index is -2.73. The Morgan fingerprint density at radius 3 is 1.39 bits per heavy atom. The van der Waals surface area contributed by atoms with E-state index in [0.29, 0.717) is 0 Å². The lowest BCUT2D eigenvalue weighted by Crippen LogP contribution is -2.28. The third kappa shape index (κ3) is 22.6. The molecule has 7 nitrogen and oxygen atoms in total. The Morgan fingerprint density at radius 2 is 1.22 bits per heavy atom. The molecule has 0 amide bonds. The van der Waals surface area contributed by atoms with Gasteiger partial charge in [0.05, 0.1) is 18.9 Å². The van der Waals surface area contributed by atoms with E-state index in [1.54, 1.807) is 0 Å². The largest absolute Gasteiger partial charge is 0.610 e. The molecule has 0 aliphatic carbocycles. The van der Waals surface area contributed by atoms with Crippen molar-refractivity contribution in [3.05, 3.63) is 36.4 Å². The minimum Gasteiger partial charge on any atom is -0.481 e. The molecule has 0 aromatic heterocycles. The number of carboxylic acids is 2. The maximum absolute atomic E-state index is 10.2. The number of hydrogen-bond acceptors (Lipinski definition) is 3. The number of rotatable bonds is 7. The van der Waals surface area contributed by atoms with E-state index in [0.717, 1.165) is 0 Å². The lowest BCUT2D eigenvalue weighted by molar-refractivity contribution is -0.139. The summed E-state index contributed by atoms with van der Waals surface area (Å²) < 4.78 is 10.2. The zero-order valence-corrected chi connectivity index (χ0v) is 14.3. The van der Waals surface area contributed by atoms with Gasteiger partial charge in [0, 0.05) is 0 Å². The molecule has 130 valence electrons. The van der Waals surface area contributed by atoms with E-state index in [4.69, 9.17) is 15.1 Å². The van der Waals surface area contributed by atoms with E-state index in [-0.39, 0.29) is 0 Å². The van der Waals surface area contributed by atoms with E-state index in [1.807, 2.05) is 41.5 Å². The Balaban J connectivity index is 0. The van der Waals surface area contributed by atoms with Crippen molar-refractivity contribution in [1.29, 1.82) is 0 Å². The first-order valence-corrected chi connectivity index (χ1v) is 8.40. The van der Waals surface area contributed by atoms with Gasteiger partial charge in [-0.1, -0.05) is 68.2 Å². The summed E-state index contributed by atoms with van der Waals surface area (Å²) in [4.78, 5) is 28.7. The normalized spacial score (nSPS) is 9.83. The molecule has 23 heavy (non-hydrogen) atoms. The van der Waals surface area contributed by atoms with Crippen molar-refractivity contribution < 1.29 is 29.3 Å². The molecule has 1 atom stereocenters. The number of carbonyl (C=O) groups is 2. The van der Waals surface area contributed by atoms with Crippen molar-refractivity contribution in [3.8, 4) is 0 Å². The Labute approximate surface area is 137 Å².